The monoisotopic (exact) mass is 262 g/mol. The van der Waals surface area contributed by atoms with E-state index < -0.39 is 0 Å². The molecule has 102 valence electrons. The lowest BCUT2D eigenvalue weighted by Gasteiger charge is -2.05. The number of carbonyl (C=O) groups is 1. The molecule has 0 bridgehead atoms. The molecule has 2 aromatic heterocycles. The average molecular weight is 262 g/mol. The van der Waals surface area contributed by atoms with Crippen LogP contribution in [0.1, 0.15) is 38.7 Å². The van der Waals surface area contributed by atoms with Crippen molar-refractivity contribution in [3.05, 3.63) is 40.2 Å². The Bertz CT molecular complexity index is 557. The second-order valence-electron chi connectivity index (χ2n) is 4.66. The molecule has 2 rings (SSSR count). The zero-order chi connectivity index (χ0) is 14.0. The van der Waals surface area contributed by atoms with E-state index in [4.69, 9.17) is 8.94 Å². The first-order chi connectivity index (χ1) is 9.00. The molecule has 5 nitrogen and oxygen atoms in total. The quantitative estimate of drug-likeness (QED) is 0.919. The normalized spacial score (nSPS) is 10.7. The molecule has 1 amide bonds. The minimum Gasteiger partial charge on any atom is -0.469 e. The molecule has 2 aromatic rings. The number of hydrogen-bond donors (Lipinski definition) is 1. The number of hydrogen-bond acceptors (Lipinski definition) is 4. The Morgan fingerprint density at radius 1 is 1.26 bits per heavy atom. The lowest BCUT2D eigenvalue weighted by molar-refractivity contribution is 0.0952. The second-order valence-corrected chi connectivity index (χ2v) is 4.66. The van der Waals surface area contributed by atoms with Crippen LogP contribution in [0.5, 0.6) is 0 Å². The van der Waals surface area contributed by atoms with E-state index in [1.165, 1.54) is 0 Å². The van der Waals surface area contributed by atoms with Crippen molar-refractivity contribution in [3.8, 4) is 0 Å². The topological polar surface area (TPSA) is 68.3 Å². The highest BCUT2D eigenvalue weighted by atomic mass is 16.5. The molecular formula is C14H18N2O3. The van der Waals surface area contributed by atoms with Gasteiger partial charge in [0.1, 0.15) is 11.5 Å². The molecule has 0 spiro atoms. The predicted molar refractivity (Wildman–Crippen MR) is 70.2 cm³/mol. The van der Waals surface area contributed by atoms with Crippen LogP contribution in [0.25, 0.3) is 0 Å². The number of nitrogens with one attached hydrogen (secondary N) is 1. The largest absolute Gasteiger partial charge is 0.469 e. The van der Waals surface area contributed by atoms with E-state index in [0.29, 0.717) is 24.3 Å². The zero-order valence-corrected chi connectivity index (χ0v) is 11.7. The highest BCUT2D eigenvalue weighted by Gasteiger charge is 2.15. The first kappa shape index (κ1) is 13.4. The smallest absolute Gasteiger partial charge is 0.255 e. The summed E-state index contributed by atoms with van der Waals surface area (Å²) in [6, 6.07) is 0. The van der Waals surface area contributed by atoms with E-state index >= 15 is 0 Å². The van der Waals surface area contributed by atoms with Crippen LogP contribution in [-0.2, 0) is 6.42 Å². The Morgan fingerprint density at radius 2 is 2.00 bits per heavy atom. The Kier molecular flexibility index (Phi) is 3.74. The van der Waals surface area contributed by atoms with E-state index in [-0.39, 0.29) is 5.91 Å². The summed E-state index contributed by atoms with van der Waals surface area (Å²) in [4.78, 5) is 12.0. The molecule has 0 atom stereocenters. The molecule has 0 aliphatic carbocycles. The average Bonchev–Trinajstić information content (AvgIpc) is 2.85. The highest BCUT2D eigenvalue weighted by Crippen LogP contribution is 2.15. The Balaban J connectivity index is 1.95. The van der Waals surface area contributed by atoms with Gasteiger partial charge in [0.2, 0.25) is 0 Å². The molecule has 0 unspecified atom stereocenters. The fraction of sp³-hybridized carbons (Fsp3) is 0.429. The maximum absolute atomic E-state index is 12.0. The standard InChI is InChI=1S/C14H18N2O3/c1-8-7-18-11(4)13(8)14(17)15-6-5-12-9(2)16-19-10(12)3/h7H,5-6H2,1-4H3,(H,15,17). The number of rotatable bonds is 4. The van der Waals surface area contributed by atoms with Crippen LogP contribution < -0.4 is 5.32 Å². The summed E-state index contributed by atoms with van der Waals surface area (Å²) in [5.74, 6) is 1.35. The van der Waals surface area contributed by atoms with Crippen molar-refractivity contribution in [2.75, 3.05) is 6.54 Å². The van der Waals surface area contributed by atoms with Crippen LogP contribution >= 0.6 is 0 Å². The Labute approximate surface area is 112 Å². The molecule has 0 saturated heterocycles. The third-order valence-corrected chi connectivity index (χ3v) is 3.23. The van der Waals surface area contributed by atoms with Crippen molar-refractivity contribution in [2.45, 2.75) is 34.1 Å². The number of carbonyl (C=O) groups excluding carboxylic acids is 1. The lowest BCUT2D eigenvalue weighted by Crippen LogP contribution is -2.26. The van der Waals surface area contributed by atoms with Crippen LogP contribution in [0.15, 0.2) is 15.2 Å². The van der Waals surface area contributed by atoms with Gasteiger partial charge in [0, 0.05) is 17.7 Å². The van der Waals surface area contributed by atoms with E-state index in [9.17, 15) is 4.79 Å². The molecule has 0 saturated carbocycles. The molecule has 0 aliphatic rings. The van der Waals surface area contributed by atoms with E-state index in [2.05, 4.69) is 10.5 Å². The van der Waals surface area contributed by atoms with Crippen molar-refractivity contribution < 1.29 is 13.7 Å². The molecule has 1 N–H and O–H groups in total. The van der Waals surface area contributed by atoms with Gasteiger partial charge >= 0.3 is 0 Å². The first-order valence-corrected chi connectivity index (χ1v) is 6.25. The van der Waals surface area contributed by atoms with Crippen LogP contribution in [0, 0.1) is 27.7 Å². The van der Waals surface area contributed by atoms with Gasteiger partial charge in [-0.3, -0.25) is 4.79 Å². The summed E-state index contributed by atoms with van der Waals surface area (Å²) in [6.07, 6.45) is 2.31. The highest BCUT2D eigenvalue weighted by molar-refractivity contribution is 5.96. The number of aromatic nitrogens is 1. The van der Waals surface area contributed by atoms with Gasteiger partial charge in [-0.2, -0.15) is 0 Å². The van der Waals surface area contributed by atoms with E-state index in [1.54, 1.807) is 13.2 Å². The van der Waals surface area contributed by atoms with Crippen molar-refractivity contribution >= 4 is 5.91 Å². The van der Waals surface area contributed by atoms with Gasteiger partial charge in [-0.25, -0.2) is 0 Å². The molecule has 0 fully saturated rings. The fourth-order valence-corrected chi connectivity index (χ4v) is 2.16. The molecular weight excluding hydrogens is 244 g/mol. The van der Waals surface area contributed by atoms with Gasteiger partial charge in [0.25, 0.3) is 5.91 Å². The third-order valence-electron chi connectivity index (χ3n) is 3.23. The summed E-state index contributed by atoms with van der Waals surface area (Å²) in [5.41, 5.74) is 3.41. The molecule has 5 heteroatoms. The van der Waals surface area contributed by atoms with Crippen LogP contribution in [0.2, 0.25) is 0 Å². The number of nitrogens with zero attached hydrogens (tertiary/aromatic N) is 1. The van der Waals surface area contributed by atoms with Crippen molar-refractivity contribution in [2.24, 2.45) is 0 Å². The Hall–Kier alpha value is -2.04. The zero-order valence-electron chi connectivity index (χ0n) is 11.7. The first-order valence-electron chi connectivity index (χ1n) is 6.25. The number of amides is 1. The van der Waals surface area contributed by atoms with Crippen LogP contribution in [-0.4, -0.2) is 17.6 Å². The summed E-state index contributed by atoms with van der Waals surface area (Å²) in [6.45, 7) is 7.97. The van der Waals surface area contributed by atoms with Crippen LogP contribution in [0.4, 0.5) is 0 Å². The van der Waals surface area contributed by atoms with Crippen LogP contribution in [0.3, 0.4) is 0 Å². The summed E-state index contributed by atoms with van der Waals surface area (Å²) in [7, 11) is 0. The van der Waals surface area contributed by atoms with E-state index in [0.717, 1.165) is 22.6 Å². The lowest BCUT2D eigenvalue weighted by atomic mass is 10.1. The van der Waals surface area contributed by atoms with Gasteiger partial charge in [-0.1, -0.05) is 5.16 Å². The molecule has 19 heavy (non-hydrogen) atoms. The second kappa shape index (κ2) is 5.30. The van der Waals surface area contributed by atoms with Gasteiger partial charge < -0.3 is 14.3 Å². The van der Waals surface area contributed by atoms with Crippen molar-refractivity contribution in [3.63, 3.8) is 0 Å². The van der Waals surface area contributed by atoms with Gasteiger partial charge in [0.15, 0.2) is 0 Å². The molecule has 2 heterocycles. The summed E-state index contributed by atoms with van der Waals surface area (Å²) in [5, 5.41) is 6.78. The number of furan rings is 1. The minimum absolute atomic E-state index is 0.101. The minimum atomic E-state index is -0.101. The van der Waals surface area contributed by atoms with Gasteiger partial charge in [-0.15, -0.1) is 0 Å². The summed E-state index contributed by atoms with van der Waals surface area (Å²) >= 11 is 0. The predicted octanol–water partition coefficient (Wildman–Crippen LogP) is 2.47. The van der Waals surface area contributed by atoms with Crippen molar-refractivity contribution in [1.82, 2.24) is 10.5 Å². The molecule has 0 aliphatic heterocycles. The SMILES string of the molecule is Cc1coc(C)c1C(=O)NCCc1c(C)noc1C. The maximum atomic E-state index is 12.0. The maximum Gasteiger partial charge on any atom is 0.255 e. The fourth-order valence-electron chi connectivity index (χ4n) is 2.16. The van der Waals surface area contributed by atoms with Gasteiger partial charge in [-0.05, 0) is 34.1 Å². The molecule has 0 aromatic carbocycles. The van der Waals surface area contributed by atoms with E-state index in [1.807, 2.05) is 20.8 Å². The molecule has 0 radical (unpaired) electrons. The van der Waals surface area contributed by atoms with Gasteiger partial charge in [0.05, 0.1) is 17.5 Å². The Morgan fingerprint density at radius 3 is 2.53 bits per heavy atom. The number of aryl methyl sites for hydroxylation is 4. The van der Waals surface area contributed by atoms with Crippen molar-refractivity contribution in [1.29, 1.82) is 0 Å². The third kappa shape index (κ3) is 2.70. The summed E-state index contributed by atoms with van der Waals surface area (Å²) < 4.78 is 10.3.